The Balaban J connectivity index is 1.68. The summed E-state index contributed by atoms with van der Waals surface area (Å²) in [7, 11) is 0. The van der Waals surface area contributed by atoms with Crippen LogP contribution < -0.4 is 11.1 Å². The monoisotopic (exact) mass is 358 g/mol. The Bertz CT molecular complexity index is 602. The van der Waals surface area contributed by atoms with E-state index in [-0.39, 0.29) is 16.7 Å². The average Bonchev–Trinajstić information content (AvgIpc) is 2.68. The van der Waals surface area contributed by atoms with Crippen LogP contribution in [0, 0.1) is 12.3 Å². The molecule has 1 saturated heterocycles. The van der Waals surface area contributed by atoms with E-state index in [0.29, 0.717) is 19.5 Å². The zero-order valence-corrected chi connectivity index (χ0v) is 16.2. The summed E-state index contributed by atoms with van der Waals surface area (Å²) in [6.45, 7) is 5.01. The summed E-state index contributed by atoms with van der Waals surface area (Å²) in [5.74, 6) is 0.164. The van der Waals surface area contributed by atoms with E-state index in [2.05, 4.69) is 36.5 Å². The number of hydrogen-bond donors (Lipinski definition) is 2. The maximum atomic E-state index is 12.8. The number of rotatable bonds is 6. The lowest BCUT2D eigenvalue weighted by Crippen LogP contribution is -2.46. The van der Waals surface area contributed by atoms with Gasteiger partial charge in [0.15, 0.2) is 0 Å². The minimum Gasteiger partial charge on any atom is -0.381 e. The third-order valence-corrected chi connectivity index (χ3v) is 6.67. The molecule has 1 aromatic rings. The van der Waals surface area contributed by atoms with Crippen LogP contribution in [0.4, 0.5) is 0 Å². The van der Waals surface area contributed by atoms with Gasteiger partial charge in [-0.1, -0.05) is 43.5 Å². The fraction of sp³-hybridized carbons (Fsp3) is 0.682. The lowest BCUT2D eigenvalue weighted by atomic mass is 9.71. The maximum absolute atomic E-state index is 12.8. The molecule has 0 radical (unpaired) electrons. The van der Waals surface area contributed by atoms with E-state index in [1.807, 2.05) is 0 Å². The molecule has 1 aliphatic carbocycles. The molecule has 2 fully saturated rings. The molecule has 0 unspecified atom stereocenters. The maximum Gasteiger partial charge on any atom is 0.220 e. The standard InChI is InChI=1S/C22H34N2O2/c1-18-7-3-4-8-19(18)22(11-13-26-14-12-22)17-24-20(25)15-21(16-23)9-5-2-6-10-21/h3-4,7-8H,2,5-6,9-17,23H2,1H3,(H,24,25). The van der Waals surface area contributed by atoms with Crippen LogP contribution in [-0.4, -0.2) is 32.2 Å². The Morgan fingerprint density at radius 1 is 1.12 bits per heavy atom. The quantitative estimate of drug-likeness (QED) is 0.818. The molecule has 1 aromatic carbocycles. The highest BCUT2D eigenvalue weighted by Crippen LogP contribution is 2.39. The summed E-state index contributed by atoms with van der Waals surface area (Å²) in [4.78, 5) is 12.8. The summed E-state index contributed by atoms with van der Waals surface area (Å²) in [5.41, 5.74) is 8.73. The van der Waals surface area contributed by atoms with Gasteiger partial charge >= 0.3 is 0 Å². The van der Waals surface area contributed by atoms with Crippen molar-refractivity contribution >= 4 is 5.91 Å². The van der Waals surface area contributed by atoms with E-state index < -0.39 is 0 Å². The molecule has 1 aliphatic heterocycles. The predicted molar refractivity (Wildman–Crippen MR) is 105 cm³/mol. The van der Waals surface area contributed by atoms with Crippen molar-refractivity contribution in [3.8, 4) is 0 Å². The third kappa shape index (κ3) is 4.29. The molecule has 1 saturated carbocycles. The average molecular weight is 359 g/mol. The first-order valence-corrected chi connectivity index (χ1v) is 10.2. The number of carbonyl (C=O) groups excluding carboxylic acids is 1. The Hall–Kier alpha value is -1.39. The molecule has 4 nitrogen and oxygen atoms in total. The van der Waals surface area contributed by atoms with Crippen LogP contribution in [0.5, 0.6) is 0 Å². The number of carbonyl (C=O) groups is 1. The molecule has 144 valence electrons. The largest absolute Gasteiger partial charge is 0.381 e. The number of nitrogens with two attached hydrogens (primary N) is 1. The van der Waals surface area contributed by atoms with Crippen molar-refractivity contribution in [3.63, 3.8) is 0 Å². The Labute approximate surface area is 157 Å². The number of aryl methyl sites for hydroxylation is 1. The first-order valence-electron chi connectivity index (χ1n) is 10.2. The second kappa shape index (κ2) is 8.53. The van der Waals surface area contributed by atoms with Gasteiger partial charge < -0.3 is 15.8 Å². The highest BCUT2D eigenvalue weighted by Gasteiger charge is 2.37. The number of nitrogens with one attached hydrogen (secondary N) is 1. The number of ether oxygens (including phenoxy) is 1. The molecule has 0 atom stereocenters. The minimum atomic E-state index is -0.0122. The van der Waals surface area contributed by atoms with E-state index in [1.54, 1.807) is 0 Å². The van der Waals surface area contributed by atoms with Crippen LogP contribution in [0.15, 0.2) is 24.3 Å². The Kier molecular flexibility index (Phi) is 6.36. The van der Waals surface area contributed by atoms with Crippen molar-refractivity contribution < 1.29 is 9.53 Å². The van der Waals surface area contributed by atoms with Gasteiger partial charge in [-0.3, -0.25) is 4.79 Å². The van der Waals surface area contributed by atoms with Gasteiger partial charge in [-0.05, 0) is 55.7 Å². The Morgan fingerprint density at radius 2 is 1.81 bits per heavy atom. The van der Waals surface area contributed by atoms with Gasteiger partial charge in [0, 0.05) is 31.6 Å². The van der Waals surface area contributed by atoms with Gasteiger partial charge in [-0.25, -0.2) is 0 Å². The molecular weight excluding hydrogens is 324 g/mol. The SMILES string of the molecule is Cc1ccccc1C1(CNC(=O)CC2(CN)CCCCC2)CCOCC1. The van der Waals surface area contributed by atoms with Crippen LogP contribution in [0.1, 0.15) is 62.5 Å². The van der Waals surface area contributed by atoms with E-state index in [1.165, 1.54) is 30.4 Å². The lowest BCUT2D eigenvalue weighted by molar-refractivity contribution is -0.124. The zero-order valence-electron chi connectivity index (χ0n) is 16.2. The van der Waals surface area contributed by atoms with Gasteiger partial charge in [0.1, 0.15) is 0 Å². The van der Waals surface area contributed by atoms with Crippen LogP contribution in [-0.2, 0) is 14.9 Å². The first kappa shape index (κ1) is 19.4. The van der Waals surface area contributed by atoms with Gasteiger partial charge in [-0.15, -0.1) is 0 Å². The molecular formula is C22H34N2O2. The van der Waals surface area contributed by atoms with Crippen LogP contribution in [0.2, 0.25) is 0 Å². The molecule has 0 bridgehead atoms. The molecule has 0 aromatic heterocycles. The summed E-state index contributed by atoms with van der Waals surface area (Å²) in [5, 5.41) is 3.28. The van der Waals surface area contributed by atoms with E-state index >= 15 is 0 Å². The van der Waals surface area contributed by atoms with E-state index in [4.69, 9.17) is 10.5 Å². The van der Waals surface area contributed by atoms with E-state index in [0.717, 1.165) is 38.9 Å². The fourth-order valence-electron chi connectivity index (χ4n) is 4.90. The van der Waals surface area contributed by atoms with Crippen molar-refractivity contribution in [1.82, 2.24) is 5.32 Å². The lowest BCUT2D eigenvalue weighted by Gasteiger charge is -2.40. The molecule has 3 rings (SSSR count). The van der Waals surface area contributed by atoms with Gasteiger partial charge in [0.2, 0.25) is 5.91 Å². The summed E-state index contributed by atoms with van der Waals surface area (Å²) >= 11 is 0. The van der Waals surface area contributed by atoms with Crippen molar-refractivity contribution in [2.24, 2.45) is 11.1 Å². The van der Waals surface area contributed by atoms with Crippen LogP contribution in [0.3, 0.4) is 0 Å². The smallest absolute Gasteiger partial charge is 0.220 e. The van der Waals surface area contributed by atoms with Crippen molar-refractivity contribution in [2.45, 2.75) is 63.7 Å². The molecule has 26 heavy (non-hydrogen) atoms. The molecule has 1 heterocycles. The topological polar surface area (TPSA) is 64.4 Å². The Morgan fingerprint density at radius 3 is 2.46 bits per heavy atom. The highest BCUT2D eigenvalue weighted by atomic mass is 16.5. The third-order valence-electron chi connectivity index (χ3n) is 6.67. The number of hydrogen-bond acceptors (Lipinski definition) is 3. The molecule has 0 spiro atoms. The summed E-state index contributed by atoms with van der Waals surface area (Å²) < 4.78 is 5.62. The second-order valence-corrected chi connectivity index (χ2v) is 8.43. The first-order chi connectivity index (χ1) is 12.6. The van der Waals surface area contributed by atoms with Gasteiger partial charge in [-0.2, -0.15) is 0 Å². The number of benzene rings is 1. The van der Waals surface area contributed by atoms with E-state index in [9.17, 15) is 4.79 Å². The minimum absolute atomic E-state index is 0.0122. The molecule has 4 heteroatoms. The number of amides is 1. The van der Waals surface area contributed by atoms with Crippen molar-refractivity contribution in [1.29, 1.82) is 0 Å². The zero-order chi connectivity index (χ0) is 18.5. The molecule has 1 amide bonds. The molecule has 2 aliphatic rings. The van der Waals surface area contributed by atoms with Crippen LogP contribution in [0.25, 0.3) is 0 Å². The summed E-state index contributed by atoms with van der Waals surface area (Å²) in [6.07, 6.45) is 8.36. The van der Waals surface area contributed by atoms with Crippen molar-refractivity contribution in [3.05, 3.63) is 35.4 Å². The fourth-order valence-corrected chi connectivity index (χ4v) is 4.90. The predicted octanol–water partition coefficient (Wildman–Crippen LogP) is 3.46. The van der Waals surface area contributed by atoms with Gasteiger partial charge in [0.25, 0.3) is 0 Å². The van der Waals surface area contributed by atoms with Crippen molar-refractivity contribution in [2.75, 3.05) is 26.3 Å². The second-order valence-electron chi connectivity index (χ2n) is 8.43. The summed E-state index contributed by atoms with van der Waals surface area (Å²) in [6, 6.07) is 8.57. The van der Waals surface area contributed by atoms with Crippen LogP contribution >= 0.6 is 0 Å². The molecule has 3 N–H and O–H groups in total. The highest BCUT2D eigenvalue weighted by molar-refractivity contribution is 5.77. The normalized spacial score (nSPS) is 21.9. The van der Waals surface area contributed by atoms with Gasteiger partial charge in [0.05, 0.1) is 0 Å².